The van der Waals surface area contributed by atoms with Gasteiger partial charge in [0.1, 0.15) is 5.75 Å². The molecule has 28 heavy (non-hydrogen) atoms. The summed E-state index contributed by atoms with van der Waals surface area (Å²) >= 11 is 0. The number of nitrogens with zero attached hydrogens (tertiary/aromatic N) is 2. The molecule has 1 unspecified atom stereocenters. The van der Waals surface area contributed by atoms with Crippen molar-refractivity contribution in [2.75, 3.05) is 18.4 Å². The minimum Gasteiger partial charge on any atom is -0.508 e. The zero-order valence-corrected chi connectivity index (χ0v) is 14.2. The maximum Gasteiger partial charge on any atom is 0.323 e. The molecule has 1 fully saturated rings. The molecule has 0 aromatic heterocycles. The van der Waals surface area contributed by atoms with E-state index in [0.717, 1.165) is 4.90 Å². The maximum absolute atomic E-state index is 14.0. The molecule has 1 amide bonds. The van der Waals surface area contributed by atoms with E-state index >= 15 is 0 Å². The number of likely N-dealkylation sites (tertiary alicyclic amines) is 1. The van der Waals surface area contributed by atoms with Crippen LogP contribution in [0.4, 0.5) is 23.2 Å². The van der Waals surface area contributed by atoms with E-state index in [-0.39, 0.29) is 28.1 Å². The van der Waals surface area contributed by atoms with Crippen molar-refractivity contribution in [2.45, 2.75) is 17.4 Å². The van der Waals surface area contributed by atoms with Gasteiger partial charge >= 0.3 is 11.8 Å². The first-order valence-corrected chi connectivity index (χ1v) is 8.28. The molecule has 2 aliphatic rings. The second kappa shape index (κ2) is 5.69. The highest BCUT2D eigenvalue weighted by atomic mass is 19.3. The summed E-state index contributed by atoms with van der Waals surface area (Å²) in [6, 6.07) is 11.2. The molecule has 2 aliphatic heterocycles. The van der Waals surface area contributed by atoms with Gasteiger partial charge in [0.25, 0.3) is 5.91 Å². The molecule has 9 heteroatoms. The summed E-state index contributed by atoms with van der Waals surface area (Å²) in [5.74, 6) is -9.57. The van der Waals surface area contributed by atoms with E-state index < -0.39 is 36.4 Å². The molecule has 0 spiro atoms. The average Bonchev–Trinajstić information content (AvgIpc) is 3.04. The summed E-state index contributed by atoms with van der Waals surface area (Å²) in [5, 5.41) is 21.3. The van der Waals surface area contributed by atoms with Crippen LogP contribution in [-0.2, 0) is 10.3 Å². The van der Waals surface area contributed by atoms with Gasteiger partial charge in [-0.2, -0.15) is 22.8 Å². The highest BCUT2D eigenvalue weighted by Crippen LogP contribution is 2.52. The number of carbonyl (C=O) groups excluding carboxylic acids is 1. The third-order valence-corrected chi connectivity index (χ3v) is 5.19. The van der Waals surface area contributed by atoms with Crippen molar-refractivity contribution in [1.82, 2.24) is 4.90 Å². The summed E-state index contributed by atoms with van der Waals surface area (Å²) in [6.07, 6.45) is 0. The molecule has 144 valence electrons. The molecular weight excluding hydrogens is 378 g/mol. The van der Waals surface area contributed by atoms with Crippen LogP contribution in [0.1, 0.15) is 16.7 Å². The van der Waals surface area contributed by atoms with Crippen LogP contribution in [0.2, 0.25) is 0 Å². The van der Waals surface area contributed by atoms with Gasteiger partial charge in [0.2, 0.25) is 0 Å². The summed E-state index contributed by atoms with van der Waals surface area (Å²) in [5.41, 5.74) is -1.33. The van der Waals surface area contributed by atoms with Gasteiger partial charge in [-0.05, 0) is 35.9 Å². The van der Waals surface area contributed by atoms with Crippen LogP contribution in [0.5, 0.6) is 5.75 Å². The topological polar surface area (TPSA) is 76.4 Å². The van der Waals surface area contributed by atoms with Crippen molar-refractivity contribution in [3.63, 3.8) is 0 Å². The van der Waals surface area contributed by atoms with Crippen LogP contribution in [0.25, 0.3) is 0 Å². The first kappa shape index (κ1) is 18.3. The largest absolute Gasteiger partial charge is 0.508 e. The maximum atomic E-state index is 14.0. The molecule has 2 heterocycles. The van der Waals surface area contributed by atoms with E-state index in [9.17, 15) is 32.7 Å². The van der Waals surface area contributed by atoms with Crippen LogP contribution in [0.15, 0.2) is 42.5 Å². The Balaban J connectivity index is 1.99. The van der Waals surface area contributed by atoms with Crippen LogP contribution >= 0.6 is 0 Å². The average molecular weight is 391 g/mol. The van der Waals surface area contributed by atoms with Crippen LogP contribution in [0.3, 0.4) is 0 Å². The minimum absolute atomic E-state index is 0.130. The molecule has 5 nitrogen and oxygen atoms in total. The minimum atomic E-state index is -4.33. The van der Waals surface area contributed by atoms with E-state index in [4.69, 9.17) is 0 Å². The highest BCUT2D eigenvalue weighted by Gasteiger charge is 2.68. The van der Waals surface area contributed by atoms with Crippen molar-refractivity contribution in [1.29, 1.82) is 5.26 Å². The van der Waals surface area contributed by atoms with Crippen LogP contribution in [0, 0.1) is 11.3 Å². The fraction of sp³-hybridized carbons (Fsp3) is 0.263. The molecule has 2 N–H and O–H groups in total. The van der Waals surface area contributed by atoms with Crippen molar-refractivity contribution in [3.05, 3.63) is 59.2 Å². The van der Waals surface area contributed by atoms with Gasteiger partial charge in [0, 0.05) is 11.3 Å². The number of nitrogens with one attached hydrogen (secondary N) is 1. The Bertz CT molecular complexity index is 1000. The number of hydrogen-bond acceptors (Lipinski definition) is 4. The lowest BCUT2D eigenvalue weighted by atomic mass is 9.81. The number of alkyl halides is 4. The Morgan fingerprint density at radius 3 is 2.21 bits per heavy atom. The number of nitriles is 1. The fourth-order valence-corrected chi connectivity index (χ4v) is 3.85. The Labute approximate surface area is 156 Å². The summed E-state index contributed by atoms with van der Waals surface area (Å²) in [6.45, 7) is -2.69. The number of phenols is 1. The molecule has 4 rings (SSSR count). The monoisotopic (exact) mass is 391 g/mol. The zero-order valence-electron chi connectivity index (χ0n) is 14.2. The lowest BCUT2D eigenvalue weighted by molar-refractivity contribution is -0.172. The SMILES string of the molecule is N#Cc1ccc2c(c1)C(c1ccc(O)cc1)(N1CC(F)(F)C(F)(F)C1)C(=O)N2. The first-order valence-electron chi connectivity index (χ1n) is 8.28. The number of hydrogen-bond donors (Lipinski definition) is 2. The molecule has 0 saturated carbocycles. The predicted molar refractivity (Wildman–Crippen MR) is 90.1 cm³/mol. The van der Waals surface area contributed by atoms with Gasteiger partial charge in [-0.3, -0.25) is 9.69 Å². The van der Waals surface area contributed by atoms with Crippen molar-refractivity contribution < 1.29 is 27.5 Å². The second-order valence-corrected chi connectivity index (χ2v) is 6.85. The van der Waals surface area contributed by atoms with Crippen LogP contribution in [-0.4, -0.2) is 40.8 Å². The van der Waals surface area contributed by atoms with Crippen molar-refractivity contribution >= 4 is 11.6 Å². The van der Waals surface area contributed by atoms with E-state index in [1.54, 1.807) is 0 Å². The number of fused-ring (bicyclic) bond motifs is 1. The fourth-order valence-electron chi connectivity index (χ4n) is 3.85. The summed E-state index contributed by atoms with van der Waals surface area (Å²) in [4.78, 5) is 13.8. The quantitative estimate of drug-likeness (QED) is 0.772. The molecule has 2 aromatic rings. The zero-order chi connectivity index (χ0) is 20.3. The molecule has 0 bridgehead atoms. The van der Waals surface area contributed by atoms with Gasteiger partial charge < -0.3 is 10.4 Å². The van der Waals surface area contributed by atoms with Gasteiger partial charge in [0.05, 0.1) is 24.7 Å². The molecule has 1 atom stereocenters. The highest BCUT2D eigenvalue weighted by molar-refractivity contribution is 6.08. The number of amides is 1. The van der Waals surface area contributed by atoms with Crippen molar-refractivity contribution in [3.8, 4) is 11.8 Å². The molecule has 0 aliphatic carbocycles. The van der Waals surface area contributed by atoms with Gasteiger partial charge in [-0.1, -0.05) is 12.1 Å². The number of halogens is 4. The van der Waals surface area contributed by atoms with Gasteiger partial charge in [0.15, 0.2) is 5.54 Å². The molecule has 2 aromatic carbocycles. The Hall–Kier alpha value is -3.12. The number of rotatable bonds is 2. The normalized spacial score (nSPS) is 25.2. The second-order valence-electron chi connectivity index (χ2n) is 6.85. The number of aromatic hydroxyl groups is 1. The Kier molecular flexibility index (Phi) is 3.71. The third kappa shape index (κ3) is 2.31. The number of phenolic OH excluding ortho intramolecular Hbond substituents is 1. The molecule has 0 radical (unpaired) electrons. The summed E-state index contributed by atoms with van der Waals surface area (Å²) < 4.78 is 56.0. The van der Waals surface area contributed by atoms with E-state index in [2.05, 4.69) is 5.32 Å². The number of anilines is 1. The Morgan fingerprint density at radius 2 is 1.64 bits per heavy atom. The van der Waals surface area contributed by atoms with E-state index in [1.165, 1.54) is 42.5 Å². The molecular formula is C19H13F4N3O2. The van der Waals surface area contributed by atoms with Crippen LogP contribution < -0.4 is 5.32 Å². The van der Waals surface area contributed by atoms with Gasteiger partial charge in [-0.15, -0.1) is 0 Å². The standard InChI is InChI=1S/C19H13F4N3O2/c20-17(21)9-26(10-18(17,22)23)19(12-2-4-13(27)5-3-12)14-7-11(8-24)1-6-15(14)25-16(19)28/h1-7,27H,9-10H2,(H,25,28). The predicted octanol–water partition coefficient (Wildman–Crippen LogP) is 3.05. The Morgan fingerprint density at radius 1 is 1.04 bits per heavy atom. The first-order chi connectivity index (χ1) is 13.1. The number of benzene rings is 2. The van der Waals surface area contributed by atoms with E-state index in [0.29, 0.717) is 0 Å². The van der Waals surface area contributed by atoms with E-state index in [1.807, 2.05) is 6.07 Å². The smallest absolute Gasteiger partial charge is 0.323 e. The molecule has 1 saturated heterocycles. The lowest BCUT2D eigenvalue weighted by Crippen LogP contribution is -2.51. The number of carbonyl (C=O) groups is 1. The lowest BCUT2D eigenvalue weighted by Gasteiger charge is -2.37. The third-order valence-electron chi connectivity index (χ3n) is 5.19. The summed E-state index contributed by atoms with van der Waals surface area (Å²) in [7, 11) is 0. The van der Waals surface area contributed by atoms with Gasteiger partial charge in [-0.25, -0.2) is 0 Å². The van der Waals surface area contributed by atoms with Crippen molar-refractivity contribution in [2.24, 2.45) is 0 Å².